The Bertz CT molecular complexity index is 453. The van der Waals surface area contributed by atoms with E-state index in [9.17, 15) is 13.2 Å². The number of rotatable bonds is 2. The highest BCUT2D eigenvalue weighted by Crippen LogP contribution is 2.25. The Morgan fingerprint density at radius 3 is 2.56 bits per heavy atom. The molecule has 1 rings (SSSR count). The maximum absolute atomic E-state index is 12.1. The SMILES string of the molecule is NN(CC(F)(F)F)C(=S)Nc1cc(Cl)ccc1Cl. The second-order valence-electron chi connectivity index (χ2n) is 3.30. The second kappa shape index (κ2) is 5.92. The first-order valence-corrected chi connectivity index (χ1v) is 5.70. The molecule has 0 bridgehead atoms. The summed E-state index contributed by atoms with van der Waals surface area (Å²) in [7, 11) is 0. The van der Waals surface area contributed by atoms with Gasteiger partial charge in [0.05, 0.1) is 10.7 Å². The van der Waals surface area contributed by atoms with Crippen LogP contribution in [0.15, 0.2) is 18.2 Å². The minimum Gasteiger partial charge on any atom is -0.330 e. The number of alkyl halides is 3. The predicted octanol–water partition coefficient (Wildman–Crippen LogP) is 3.43. The summed E-state index contributed by atoms with van der Waals surface area (Å²) in [6.07, 6.45) is -4.45. The molecular weight excluding hydrogens is 310 g/mol. The molecule has 3 nitrogen and oxygen atoms in total. The van der Waals surface area contributed by atoms with Gasteiger partial charge in [-0.3, -0.25) is 5.01 Å². The minimum atomic E-state index is -4.45. The van der Waals surface area contributed by atoms with Crippen molar-refractivity contribution in [3.8, 4) is 0 Å². The van der Waals surface area contributed by atoms with Crippen LogP contribution in [-0.2, 0) is 0 Å². The molecule has 0 radical (unpaired) electrons. The predicted molar refractivity (Wildman–Crippen MR) is 69.6 cm³/mol. The van der Waals surface area contributed by atoms with Gasteiger partial charge in [0.1, 0.15) is 6.54 Å². The zero-order valence-electron chi connectivity index (χ0n) is 8.76. The van der Waals surface area contributed by atoms with Crippen molar-refractivity contribution < 1.29 is 13.2 Å². The van der Waals surface area contributed by atoms with Gasteiger partial charge in [0.2, 0.25) is 0 Å². The van der Waals surface area contributed by atoms with Crippen molar-refractivity contribution >= 4 is 46.2 Å². The maximum Gasteiger partial charge on any atom is 0.407 e. The highest BCUT2D eigenvalue weighted by Gasteiger charge is 2.30. The molecule has 9 heteroatoms. The van der Waals surface area contributed by atoms with E-state index in [1.54, 1.807) is 0 Å². The van der Waals surface area contributed by atoms with E-state index >= 15 is 0 Å². The van der Waals surface area contributed by atoms with Crippen LogP contribution in [0.2, 0.25) is 10.0 Å². The van der Waals surface area contributed by atoms with Crippen LogP contribution in [0.1, 0.15) is 0 Å². The van der Waals surface area contributed by atoms with Crippen molar-refractivity contribution in [1.29, 1.82) is 0 Å². The first-order chi connectivity index (χ1) is 8.19. The highest BCUT2D eigenvalue weighted by atomic mass is 35.5. The summed E-state index contributed by atoms with van der Waals surface area (Å²) < 4.78 is 36.3. The Kier molecular flexibility index (Phi) is 5.03. The number of halogens is 5. The molecular formula is C9H8Cl2F3N3S. The summed E-state index contributed by atoms with van der Waals surface area (Å²) in [5.41, 5.74) is 0.284. The zero-order valence-corrected chi connectivity index (χ0v) is 11.1. The van der Waals surface area contributed by atoms with E-state index in [1.807, 2.05) is 0 Å². The summed E-state index contributed by atoms with van der Waals surface area (Å²) in [6.45, 7) is -1.36. The van der Waals surface area contributed by atoms with Gasteiger partial charge in [0.15, 0.2) is 5.11 Å². The lowest BCUT2D eigenvalue weighted by molar-refractivity contribution is -0.137. The summed E-state index contributed by atoms with van der Waals surface area (Å²) in [4.78, 5) is 0. The lowest BCUT2D eigenvalue weighted by Crippen LogP contribution is -2.45. The quantitative estimate of drug-likeness (QED) is 0.498. The number of nitrogens with one attached hydrogen (secondary N) is 1. The van der Waals surface area contributed by atoms with Gasteiger partial charge < -0.3 is 5.32 Å². The summed E-state index contributed by atoms with van der Waals surface area (Å²) in [6, 6.07) is 4.45. The number of nitrogens with zero attached hydrogens (tertiary/aromatic N) is 1. The molecule has 0 fully saturated rings. The molecule has 0 saturated carbocycles. The van der Waals surface area contributed by atoms with Crippen molar-refractivity contribution in [3.05, 3.63) is 28.2 Å². The van der Waals surface area contributed by atoms with Gasteiger partial charge in [-0.2, -0.15) is 13.2 Å². The minimum absolute atomic E-state index is 0.266. The van der Waals surface area contributed by atoms with Crippen molar-refractivity contribution in [1.82, 2.24) is 5.01 Å². The average Bonchev–Trinajstić information content (AvgIpc) is 2.21. The molecule has 0 aliphatic heterocycles. The molecule has 0 aliphatic carbocycles. The molecule has 3 N–H and O–H groups in total. The molecule has 0 aliphatic rings. The summed E-state index contributed by atoms with van der Waals surface area (Å²) in [5.74, 6) is 5.17. The van der Waals surface area contributed by atoms with Gasteiger partial charge in [-0.25, -0.2) is 5.84 Å². The van der Waals surface area contributed by atoms with Crippen LogP contribution in [0, 0.1) is 0 Å². The van der Waals surface area contributed by atoms with Crippen LogP contribution >= 0.6 is 35.4 Å². The van der Waals surface area contributed by atoms with Gasteiger partial charge in [0.25, 0.3) is 0 Å². The van der Waals surface area contributed by atoms with E-state index in [-0.39, 0.29) is 15.8 Å². The largest absolute Gasteiger partial charge is 0.407 e. The molecule has 0 saturated heterocycles. The van der Waals surface area contributed by atoms with E-state index in [0.717, 1.165) is 0 Å². The van der Waals surface area contributed by atoms with Crippen molar-refractivity contribution in [3.63, 3.8) is 0 Å². The number of hydrogen-bond acceptors (Lipinski definition) is 2. The van der Waals surface area contributed by atoms with E-state index in [0.29, 0.717) is 10.0 Å². The smallest absolute Gasteiger partial charge is 0.330 e. The van der Waals surface area contributed by atoms with Crippen molar-refractivity contribution in [2.45, 2.75) is 6.18 Å². The number of thiocarbonyl (C=S) groups is 1. The van der Waals surface area contributed by atoms with Crippen LogP contribution in [0.5, 0.6) is 0 Å². The molecule has 0 aromatic heterocycles. The fourth-order valence-corrected chi connectivity index (χ4v) is 1.56. The average molecular weight is 318 g/mol. The van der Waals surface area contributed by atoms with Gasteiger partial charge in [-0.05, 0) is 30.4 Å². The number of nitrogens with two attached hydrogens (primary N) is 1. The van der Waals surface area contributed by atoms with E-state index in [4.69, 9.17) is 41.3 Å². The van der Waals surface area contributed by atoms with Crippen molar-refractivity contribution in [2.24, 2.45) is 5.84 Å². The van der Waals surface area contributed by atoms with E-state index in [1.165, 1.54) is 18.2 Å². The Labute approximate surface area is 117 Å². The third-order valence-electron chi connectivity index (χ3n) is 1.78. The number of anilines is 1. The molecule has 18 heavy (non-hydrogen) atoms. The van der Waals surface area contributed by atoms with Crippen molar-refractivity contribution in [2.75, 3.05) is 11.9 Å². The number of hydrazine groups is 1. The normalized spacial score (nSPS) is 11.2. The van der Waals surface area contributed by atoms with Crippen LogP contribution in [-0.4, -0.2) is 22.8 Å². The maximum atomic E-state index is 12.1. The highest BCUT2D eigenvalue weighted by molar-refractivity contribution is 7.80. The van der Waals surface area contributed by atoms with E-state index < -0.39 is 12.7 Å². The Hall–Kier alpha value is -0.760. The third kappa shape index (κ3) is 4.85. The Balaban J connectivity index is 2.72. The summed E-state index contributed by atoms with van der Waals surface area (Å²) in [5, 5.41) is 3.18. The van der Waals surface area contributed by atoms with Crippen LogP contribution < -0.4 is 11.2 Å². The van der Waals surface area contributed by atoms with Gasteiger partial charge in [-0.1, -0.05) is 23.2 Å². The molecule has 0 atom stereocenters. The molecule has 0 amide bonds. The van der Waals surface area contributed by atoms with Crippen LogP contribution in [0.3, 0.4) is 0 Å². The second-order valence-corrected chi connectivity index (χ2v) is 4.53. The molecule has 0 unspecified atom stereocenters. The zero-order chi connectivity index (χ0) is 13.9. The van der Waals surface area contributed by atoms with Gasteiger partial charge in [0, 0.05) is 5.02 Å². The van der Waals surface area contributed by atoms with E-state index in [2.05, 4.69) is 5.32 Å². The Morgan fingerprint density at radius 2 is 2.00 bits per heavy atom. The Morgan fingerprint density at radius 1 is 1.39 bits per heavy atom. The van der Waals surface area contributed by atoms with Crippen LogP contribution in [0.4, 0.5) is 18.9 Å². The molecule has 0 spiro atoms. The third-order valence-corrected chi connectivity index (χ3v) is 2.68. The first kappa shape index (κ1) is 15.3. The fraction of sp³-hybridized carbons (Fsp3) is 0.222. The molecule has 1 aromatic rings. The van der Waals surface area contributed by atoms with Crippen LogP contribution in [0.25, 0.3) is 0 Å². The number of hydrogen-bond donors (Lipinski definition) is 2. The molecule has 1 aromatic carbocycles. The molecule has 100 valence electrons. The summed E-state index contributed by atoms with van der Waals surface area (Å²) >= 11 is 16.3. The topological polar surface area (TPSA) is 41.3 Å². The van der Waals surface area contributed by atoms with Gasteiger partial charge >= 0.3 is 6.18 Å². The monoisotopic (exact) mass is 317 g/mol. The first-order valence-electron chi connectivity index (χ1n) is 4.54. The number of benzene rings is 1. The fourth-order valence-electron chi connectivity index (χ4n) is 1.05. The standard InChI is InChI=1S/C9H8Cl2F3N3S/c10-5-1-2-6(11)7(3-5)16-8(18)17(15)4-9(12,13)14/h1-3H,4,15H2,(H,16,18). The lowest BCUT2D eigenvalue weighted by atomic mass is 10.3. The molecule has 0 heterocycles. The lowest BCUT2D eigenvalue weighted by Gasteiger charge is -2.22. The van der Waals surface area contributed by atoms with Gasteiger partial charge in [-0.15, -0.1) is 0 Å².